The van der Waals surface area contributed by atoms with E-state index in [-0.39, 0.29) is 16.4 Å². The van der Waals surface area contributed by atoms with Crippen LogP contribution in [0.2, 0.25) is 0 Å². The largest absolute Gasteiger partial charge is 0.326 e. The van der Waals surface area contributed by atoms with Gasteiger partial charge in [-0.15, -0.1) is 0 Å². The first-order valence-electron chi connectivity index (χ1n) is 2.68. The van der Waals surface area contributed by atoms with E-state index in [0.717, 1.165) is 0 Å². The topological polar surface area (TPSA) is 58.2 Å². The number of hydrogen-bond acceptors (Lipinski definition) is 2. The monoisotopic (exact) mass is 160 g/mol. The molecule has 3 amide bonds. The van der Waals surface area contributed by atoms with Gasteiger partial charge in [0.25, 0.3) is 5.91 Å². The average molecular weight is 160 g/mol. The number of rotatable bonds is 0. The number of amides is 3. The number of nitrogens with one attached hydrogen (secondary N) is 2. The third-order valence-electron chi connectivity index (χ3n) is 1.07. The maximum absolute atomic E-state index is 10.8. The van der Waals surface area contributed by atoms with Crippen LogP contribution in [0.3, 0.4) is 0 Å². The van der Waals surface area contributed by atoms with Crippen LogP contribution in [0.5, 0.6) is 0 Å². The van der Waals surface area contributed by atoms with Crippen LogP contribution in [0.15, 0.2) is 0 Å². The first-order chi connectivity index (χ1) is 4.61. The van der Waals surface area contributed by atoms with Crippen molar-refractivity contribution in [1.82, 2.24) is 10.6 Å². The summed E-state index contributed by atoms with van der Waals surface area (Å²) in [5.41, 5.74) is 0. The molecule has 1 saturated heterocycles. The zero-order valence-corrected chi connectivity index (χ0v) is 6.54. The summed E-state index contributed by atoms with van der Waals surface area (Å²) >= 11 is 0. The number of imide groups is 1. The zero-order chi connectivity index (χ0) is 7.72. The predicted molar refractivity (Wildman–Crippen MR) is 41.1 cm³/mol. The lowest BCUT2D eigenvalue weighted by atomic mass is 10.7. The van der Waals surface area contributed by atoms with Crippen LogP contribution in [-0.4, -0.2) is 29.4 Å². The molecule has 1 aliphatic heterocycles. The van der Waals surface area contributed by atoms with Gasteiger partial charge in [0, 0.05) is 0 Å². The quantitative estimate of drug-likeness (QED) is 0.370. The predicted octanol–water partition coefficient (Wildman–Crippen LogP) is -0.516. The summed E-state index contributed by atoms with van der Waals surface area (Å²) in [5.74, 6) is -0.293. The Balaban J connectivity index is 2.93. The van der Waals surface area contributed by atoms with E-state index in [2.05, 4.69) is 10.6 Å². The molecular weight excluding hydrogens is 152 g/mol. The summed E-state index contributed by atoms with van der Waals surface area (Å²) in [7, 11) is -0.169. The first kappa shape index (κ1) is 7.27. The molecule has 2 N–H and O–H groups in total. The van der Waals surface area contributed by atoms with Crippen molar-refractivity contribution in [2.75, 3.05) is 12.5 Å². The molecule has 5 heteroatoms. The minimum absolute atomic E-state index is 0.169. The summed E-state index contributed by atoms with van der Waals surface area (Å²) in [6.07, 6.45) is 3.75. The van der Waals surface area contributed by atoms with E-state index in [0.29, 0.717) is 4.99 Å². The Kier molecular flexibility index (Phi) is 1.76. The van der Waals surface area contributed by atoms with Gasteiger partial charge in [-0.05, 0) is 12.5 Å². The lowest BCUT2D eigenvalue weighted by Crippen LogP contribution is -2.22. The molecule has 1 heterocycles. The van der Waals surface area contributed by atoms with Gasteiger partial charge < -0.3 is 0 Å². The molecule has 56 valence electrons. The molecule has 0 aromatic rings. The van der Waals surface area contributed by atoms with E-state index in [4.69, 9.17) is 0 Å². The molecule has 1 rings (SSSR count). The molecule has 4 nitrogen and oxygen atoms in total. The van der Waals surface area contributed by atoms with Crippen LogP contribution in [0, 0.1) is 0 Å². The van der Waals surface area contributed by atoms with Crippen LogP contribution in [0.1, 0.15) is 0 Å². The molecule has 0 saturated carbocycles. The molecule has 1 aliphatic rings. The van der Waals surface area contributed by atoms with Gasteiger partial charge >= 0.3 is 6.03 Å². The van der Waals surface area contributed by atoms with Gasteiger partial charge in [0.05, 0.1) is 0 Å². The maximum Gasteiger partial charge on any atom is 0.326 e. The Morgan fingerprint density at radius 1 is 1.20 bits per heavy atom. The van der Waals surface area contributed by atoms with E-state index in [1.54, 1.807) is 0 Å². The third kappa shape index (κ3) is 1.18. The van der Waals surface area contributed by atoms with Crippen molar-refractivity contribution in [1.29, 1.82) is 0 Å². The van der Waals surface area contributed by atoms with Crippen molar-refractivity contribution >= 4 is 27.4 Å². The number of hydrogen-bond donors (Lipinski definition) is 2. The fourth-order valence-electron chi connectivity index (χ4n) is 0.638. The number of urea groups is 1. The SMILES string of the molecule is CS(C)=C1NC(=O)NC1=O. The molecule has 0 aromatic carbocycles. The van der Waals surface area contributed by atoms with E-state index in [9.17, 15) is 9.59 Å². The Morgan fingerprint density at radius 3 is 2.00 bits per heavy atom. The Hall–Kier alpha value is -0.840. The fraction of sp³-hybridized carbons (Fsp3) is 0.400. The standard InChI is InChI=1S/C5H8N2O2S/c1-10(2)4-3(8)6-5(9)7-4/h1-2H3,(H2,6,7,8,9). The highest BCUT2D eigenvalue weighted by molar-refractivity contribution is 8.15. The first-order valence-corrected chi connectivity index (χ1v) is 4.72. The zero-order valence-electron chi connectivity index (χ0n) is 5.72. The highest BCUT2D eigenvalue weighted by Gasteiger charge is 2.23. The van der Waals surface area contributed by atoms with Gasteiger partial charge in [-0.2, -0.15) is 10.5 Å². The third-order valence-corrected chi connectivity index (χ3v) is 2.17. The molecule has 0 spiro atoms. The summed E-state index contributed by atoms with van der Waals surface area (Å²) in [5, 5.41) is 4.56. The molecule has 1 fully saturated rings. The van der Waals surface area contributed by atoms with Gasteiger partial charge in [-0.25, -0.2) is 4.79 Å². The lowest BCUT2D eigenvalue weighted by molar-refractivity contribution is -0.113. The Morgan fingerprint density at radius 2 is 1.80 bits per heavy atom. The maximum atomic E-state index is 10.8. The van der Waals surface area contributed by atoms with Crippen LogP contribution >= 0.6 is 10.5 Å². The lowest BCUT2D eigenvalue weighted by Gasteiger charge is -1.95. The Labute approximate surface area is 60.9 Å². The molecule has 0 aromatic heterocycles. The van der Waals surface area contributed by atoms with E-state index in [1.807, 2.05) is 12.5 Å². The highest BCUT2D eigenvalue weighted by Crippen LogP contribution is 2.03. The summed E-state index contributed by atoms with van der Waals surface area (Å²) in [6, 6.07) is -0.416. The smallest absolute Gasteiger partial charge is 0.298 e. The van der Waals surface area contributed by atoms with Crippen molar-refractivity contribution in [3.8, 4) is 0 Å². The normalized spacial score (nSPS) is 17.7. The van der Waals surface area contributed by atoms with Crippen LogP contribution in [0.4, 0.5) is 4.79 Å². The van der Waals surface area contributed by atoms with Crippen LogP contribution < -0.4 is 10.6 Å². The highest BCUT2D eigenvalue weighted by atomic mass is 32.2. The second-order valence-electron chi connectivity index (χ2n) is 2.05. The second kappa shape index (κ2) is 2.42. The van der Waals surface area contributed by atoms with Crippen molar-refractivity contribution < 1.29 is 9.59 Å². The fourth-order valence-corrected chi connectivity index (χ4v) is 1.36. The minimum Gasteiger partial charge on any atom is -0.298 e. The van der Waals surface area contributed by atoms with Crippen molar-refractivity contribution in [3.63, 3.8) is 0 Å². The van der Waals surface area contributed by atoms with Gasteiger partial charge in [-0.1, -0.05) is 0 Å². The van der Waals surface area contributed by atoms with Gasteiger partial charge in [-0.3, -0.25) is 15.4 Å². The minimum atomic E-state index is -0.416. The molecular formula is C5H8N2O2S. The molecule has 0 bridgehead atoms. The molecule has 0 aliphatic carbocycles. The molecule has 10 heavy (non-hydrogen) atoms. The summed E-state index contributed by atoms with van der Waals surface area (Å²) in [6.45, 7) is 0. The average Bonchev–Trinajstić information content (AvgIpc) is 2.10. The summed E-state index contributed by atoms with van der Waals surface area (Å²) in [4.78, 5) is 21.8. The Bertz CT molecular complexity index is 230. The van der Waals surface area contributed by atoms with Gasteiger partial charge in [0.1, 0.15) is 4.99 Å². The second-order valence-corrected chi connectivity index (χ2v) is 4.10. The number of carbonyl (C=O) groups is 2. The molecule has 0 unspecified atom stereocenters. The van der Waals surface area contributed by atoms with Crippen molar-refractivity contribution in [3.05, 3.63) is 0 Å². The van der Waals surface area contributed by atoms with Gasteiger partial charge in [0.15, 0.2) is 0 Å². The van der Waals surface area contributed by atoms with Crippen molar-refractivity contribution in [2.24, 2.45) is 0 Å². The van der Waals surface area contributed by atoms with Crippen LogP contribution in [0.25, 0.3) is 0 Å². The summed E-state index contributed by atoms with van der Waals surface area (Å²) < 4.78 is 0. The molecule has 0 atom stereocenters. The van der Waals surface area contributed by atoms with E-state index in [1.165, 1.54) is 0 Å². The number of carbonyl (C=O) groups excluding carboxylic acids is 2. The van der Waals surface area contributed by atoms with E-state index >= 15 is 0 Å². The molecule has 0 radical (unpaired) electrons. The van der Waals surface area contributed by atoms with E-state index < -0.39 is 6.03 Å². The van der Waals surface area contributed by atoms with Crippen molar-refractivity contribution in [2.45, 2.75) is 0 Å². The van der Waals surface area contributed by atoms with Gasteiger partial charge in [0.2, 0.25) is 0 Å². The van der Waals surface area contributed by atoms with Crippen LogP contribution in [-0.2, 0) is 4.79 Å².